The van der Waals surface area contributed by atoms with E-state index in [1.807, 2.05) is 24.3 Å². The number of pyridine rings is 1. The normalized spacial score (nSPS) is 11.1. The van der Waals surface area contributed by atoms with E-state index in [4.69, 9.17) is 9.52 Å². The zero-order valence-electron chi connectivity index (χ0n) is 20.4. The molecule has 4 aromatic carbocycles. The van der Waals surface area contributed by atoms with Crippen LogP contribution in [0.25, 0.3) is 55.1 Å². The van der Waals surface area contributed by atoms with Gasteiger partial charge in [-0.05, 0) is 37.1 Å². The Morgan fingerprint density at radius 2 is 1.59 bits per heavy atom. The summed E-state index contributed by atoms with van der Waals surface area (Å²) >= 11 is 0. The van der Waals surface area contributed by atoms with Crippen LogP contribution in [0.1, 0.15) is 13.8 Å². The molecule has 1 radical (unpaired) electrons. The third-order valence-electron chi connectivity index (χ3n) is 5.85. The van der Waals surface area contributed by atoms with Crippen molar-refractivity contribution in [1.82, 2.24) is 4.98 Å². The van der Waals surface area contributed by atoms with E-state index >= 15 is 0 Å². The van der Waals surface area contributed by atoms with Crippen molar-refractivity contribution in [2.24, 2.45) is 0 Å². The van der Waals surface area contributed by atoms with Crippen molar-refractivity contribution < 1.29 is 34.4 Å². The molecular formula is C32H24IrNO3-. The van der Waals surface area contributed by atoms with Crippen LogP contribution in [0.4, 0.5) is 0 Å². The molecule has 0 aliphatic heterocycles. The molecule has 5 heteroatoms. The van der Waals surface area contributed by atoms with E-state index in [1.165, 1.54) is 41.5 Å². The number of ketones is 1. The van der Waals surface area contributed by atoms with Gasteiger partial charge in [-0.25, -0.2) is 0 Å². The molecule has 2 aromatic heterocycles. The predicted molar refractivity (Wildman–Crippen MR) is 146 cm³/mol. The second-order valence-electron chi connectivity index (χ2n) is 8.58. The Morgan fingerprint density at radius 1 is 0.865 bits per heavy atom. The number of aliphatic hydroxyl groups is 1. The van der Waals surface area contributed by atoms with Gasteiger partial charge in [0.15, 0.2) is 5.78 Å². The molecule has 6 rings (SSSR count). The zero-order valence-corrected chi connectivity index (χ0v) is 22.8. The average molecular weight is 663 g/mol. The maximum absolute atomic E-state index is 10.0. The van der Waals surface area contributed by atoms with Crippen LogP contribution in [0.15, 0.2) is 113 Å². The number of carbonyl (C=O) groups excluding carboxylic acids is 1. The van der Waals surface area contributed by atoms with Crippen LogP contribution in [-0.2, 0) is 24.9 Å². The first-order chi connectivity index (χ1) is 17.5. The van der Waals surface area contributed by atoms with E-state index in [9.17, 15) is 4.79 Å². The molecule has 0 aliphatic rings. The molecule has 185 valence electrons. The van der Waals surface area contributed by atoms with Gasteiger partial charge in [-0.2, -0.15) is 0 Å². The van der Waals surface area contributed by atoms with Crippen LogP contribution in [0.2, 0.25) is 0 Å². The van der Waals surface area contributed by atoms with Gasteiger partial charge in [0.1, 0.15) is 11.3 Å². The molecule has 0 unspecified atom stereocenters. The first-order valence-electron chi connectivity index (χ1n) is 11.6. The van der Waals surface area contributed by atoms with Crippen LogP contribution in [0.5, 0.6) is 0 Å². The SMILES string of the molecule is CC(=O)/C=C(/C)O.[Ir].[c-]1cc2c(ccc3ccccc32)cc1-c1nccc2oc(-c3ccccc3)cc12. The number of aromatic nitrogens is 1. The van der Waals surface area contributed by atoms with Crippen LogP contribution in [-0.4, -0.2) is 15.9 Å². The van der Waals surface area contributed by atoms with Crippen LogP contribution in [0, 0.1) is 6.07 Å². The van der Waals surface area contributed by atoms with Crippen molar-refractivity contribution in [3.63, 3.8) is 0 Å². The van der Waals surface area contributed by atoms with Crippen molar-refractivity contribution in [1.29, 1.82) is 0 Å². The van der Waals surface area contributed by atoms with Gasteiger partial charge in [0.05, 0.1) is 5.76 Å². The van der Waals surface area contributed by atoms with Crippen molar-refractivity contribution in [3.8, 4) is 22.6 Å². The third kappa shape index (κ3) is 5.69. The number of fused-ring (bicyclic) bond motifs is 4. The Morgan fingerprint density at radius 3 is 2.32 bits per heavy atom. The van der Waals surface area contributed by atoms with Crippen LogP contribution in [0.3, 0.4) is 0 Å². The monoisotopic (exact) mass is 663 g/mol. The number of aliphatic hydroxyl groups excluding tert-OH is 1. The van der Waals surface area contributed by atoms with E-state index in [0.29, 0.717) is 0 Å². The smallest absolute Gasteiger partial charge is 0.155 e. The van der Waals surface area contributed by atoms with Crippen molar-refractivity contribution in [3.05, 3.63) is 115 Å². The van der Waals surface area contributed by atoms with Gasteiger partial charge in [-0.15, -0.1) is 29.1 Å². The van der Waals surface area contributed by atoms with Crippen molar-refractivity contribution in [2.45, 2.75) is 13.8 Å². The molecule has 0 saturated heterocycles. The van der Waals surface area contributed by atoms with Gasteiger partial charge >= 0.3 is 0 Å². The minimum Gasteiger partial charge on any atom is -0.512 e. The van der Waals surface area contributed by atoms with Crippen molar-refractivity contribution >= 4 is 38.3 Å². The van der Waals surface area contributed by atoms with Gasteiger partial charge in [0, 0.05) is 43.3 Å². The summed E-state index contributed by atoms with van der Waals surface area (Å²) in [6, 6.07) is 34.6. The standard InChI is InChI=1S/C27H16NO.C5H8O2.Ir/c1-2-7-19(8-3-1)26-17-24-25(29-26)14-15-28-27(24)21-12-13-23-20(16-21)11-10-18-6-4-5-9-22(18)23;1-4(6)3-5(2)7;/h1-11,13-17H;3,6H,1-2H3;/q-1;;/b;4-3-;. The molecule has 0 amide bonds. The molecule has 0 aliphatic carbocycles. The fourth-order valence-corrected chi connectivity index (χ4v) is 4.30. The topological polar surface area (TPSA) is 63.3 Å². The second-order valence-corrected chi connectivity index (χ2v) is 8.58. The summed E-state index contributed by atoms with van der Waals surface area (Å²) in [4.78, 5) is 14.7. The Hall–Kier alpha value is -4.05. The molecule has 1 N–H and O–H groups in total. The molecule has 37 heavy (non-hydrogen) atoms. The fraction of sp³-hybridized carbons (Fsp3) is 0.0625. The van der Waals surface area contributed by atoms with Crippen LogP contribution < -0.4 is 0 Å². The minimum absolute atomic E-state index is 0. The first-order valence-corrected chi connectivity index (χ1v) is 11.6. The number of allylic oxidation sites excluding steroid dienone is 2. The molecule has 0 atom stereocenters. The molecule has 0 bridgehead atoms. The fourth-order valence-electron chi connectivity index (χ4n) is 4.30. The Kier molecular flexibility index (Phi) is 7.98. The average Bonchev–Trinajstić information content (AvgIpc) is 3.33. The number of nitrogens with zero attached hydrogens (tertiary/aromatic N) is 1. The summed E-state index contributed by atoms with van der Waals surface area (Å²) in [6.45, 7) is 2.85. The number of benzene rings is 4. The molecule has 0 fully saturated rings. The van der Waals surface area contributed by atoms with Gasteiger partial charge < -0.3 is 14.5 Å². The Bertz CT molecular complexity index is 1730. The molecular weight excluding hydrogens is 639 g/mol. The van der Waals surface area contributed by atoms with E-state index in [-0.39, 0.29) is 31.6 Å². The van der Waals surface area contributed by atoms with Gasteiger partial charge in [0.2, 0.25) is 0 Å². The molecule has 2 heterocycles. The quantitative estimate of drug-likeness (QED) is 0.0897. The Balaban J connectivity index is 0.000000356. The second kappa shape index (κ2) is 11.3. The van der Waals surface area contributed by atoms with E-state index in [1.54, 1.807) is 6.20 Å². The van der Waals surface area contributed by atoms with Gasteiger partial charge in [-0.1, -0.05) is 77.5 Å². The predicted octanol–water partition coefficient (Wildman–Crippen LogP) is 8.30. The largest absolute Gasteiger partial charge is 0.512 e. The van der Waals surface area contributed by atoms with Gasteiger partial charge in [0.25, 0.3) is 0 Å². The summed E-state index contributed by atoms with van der Waals surface area (Å²) in [5, 5.41) is 14.2. The summed E-state index contributed by atoms with van der Waals surface area (Å²) in [6.07, 6.45) is 2.97. The zero-order chi connectivity index (χ0) is 25.1. The number of hydrogen-bond acceptors (Lipinski definition) is 4. The first kappa shape index (κ1) is 26.0. The summed E-state index contributed by atoms with van der Waals surface area (Å²) in [7, 11) is 0. The molecule has 6 aromatic rings. The minimum atomic E-state index is -0.125. The van der Waals surface area contributed by atoms with Crippen LogP contribution >= 0.6 is 0 Å². The maximum atomic E-state index is 10.0. The summed E-state index contributed by atoms with van der Waals surface area (Å²) < 4.78 is 6.11. The Labute approximate surface area is 228 Å². The van der Waals surface area contributed by atoms with E-state index < -0.39 is 0 Å². The molecule has 4 nitrogen and oxygen atoms in total. The number of hydrogen-bond donors (Lipinski definition) is 1. The molecule has 0 saturated carbocycles. The van der Waals surface area contributed by atoms with E-state index in [2.05, 4.69) is 77.8 Å². The van der Waals surface area contributed by atoms with Crippen molar-refractivity contribution in [2.75, 3.05) is 0 Å². The number of rotatable bonds is 3. The number of carbonyl (C=O) groups is 1. The summed E-state index contributed by atoms with van der Waals surface area (Å²) in [5.74, 6) is 0.786. The van der Waals surface area contributed by atoms with Gasteiger partial charge in [-0.3, -0.25) is 4.79 Å². The maximum Gasteiger partial charge on any atom is 0.155 e. The summed E-state index contributed by atoms with van der Waals surface area (Å²) in [5.41, 5.74) is 3.76. The molecule has 0 spiro atoms. The van der Waals surface area contributed by atoms with E-state index in [0.717, 1.165) is 33.6 Å². The number of furan rings is 1. The third-order valence-corrected chi connectivity index (χ3v) is 5.85.